The zero-order chi connectivity index (χ0) is 14.5. The van der Waals surface area contributed by atoms with Crippen molar-refractivity contribution >= 4 is 5.91 Å². The van der Waals surface area contributed by atoms with Gasteiger partial charge in [0.1, 0.15) is 5.69 Å². The highest BCUT2D eigenvalue weighted by Gasteiger charge is 2.07. The topological polar surface area (TPSA) is 115 Å². The second-order valence-corrected chi connectivity index (χ2v) is 4.16. The van der Waals surface area contributed by atoms with E-state index in [0.29, 0.717) is 0 Å². The number of amides is 1. The molecule has 104 valence electrons. The third-order valence-electron chi connectivity index (χ3n) is 2.63. The Labute approximate surface area is 113 Å². The SMILES string of the molecule is O=C(NCc1cccc(CO)c1)c1cc(=O)[nH]c(=O)[nH]1. The lowest BCUT2D eigenvalue weighted by Crippen LogP contribution is -2.30. The molecule has 4 N–H and O–H groups in total. The molecule has 0 aliphatic rings. The molecule has 0 bridgehead atoms. The Morgan fingerprint density at radius 2 is 1.90 bits per heavy atom. The first-order valence-electron chi connectivity index (χ1n) is 5.89. The normalized spacial score (nSPS) is 10.2. The number of aliphatic hydroxyl groups excluding tert-OH is 1. The predicted octanol–water partition coefficient (Wildman–Crippen LogP) is -0.515. The van der Waals surface area contributed by atoms with Gasteiger partial charge in [0.2, 0.25) is 0 Å². The first-order chi connectivity index (χ1) is 9.58. The molecular weight excluding hydrogens is 262 g/mol. The minimum atomic E-state index is -0.732. The predicted molar refractivity (Wildman–Crippen MR) is 71.2 cm³/mol. The van der Waals surface area contributed by atoms with Gasteiger partial charge in [-0.25, -0.2) is 4.79 Å². The lowest BCUT2D eigenvalue weighted by Gasteiger charge is -2.06. The molecule has 0 radical (unpaired) electrons. The summed E-state index contributed by atoms with van der Waals surface area (Å²) in [6, 6.07) is 8.09. The van der Waals surface area contributed by atoms with E-state index < -0.39 is 17.2 Å². The van der Waals surface area contributed by atoms with Gasteiger partial charge in [0.05, 0.1) is 6.61 Å². The van der Waals surface area contributed by atoms with Gasteiger partial charge in [-0.1, -0.05) is 24.3 Å². The zero-order valence-corrected chi connectivity index (χ0v) is 10.5. The van der Waals surface area contributed by atoms with Crippen LogP contribution >= 0.6 is 0 Å². The van der Waals surface area contributed by atoms with Crippen molar-refractivity contribution in [2.45, 2.75) is 13.2 Å². The molecule has 0 fully saturated rings. The van der Waals surface area contributed by atoms with E-state index in [1.807, 2.05) is 4.98 Å². The van der Waals surface area contributed by atoms with Crippen molar-refractivity contribution in [1.29, 1.82) is 0 Å². The summed E-state index contributed by atoms with van der Waals surface area (Å²) in [5.41, 5.74) is 0.0709. The number of carbonyl (C=O) groups is 1. The molecule has 0 spiro atoms. The summed E-state index contributed by atoms with van der Waals surface area (Å²) >= 11 is 0. The Morgan fingerprint density at radius 3 is 2.60 bits per heavy atom. The first kappa shape index (κ1) is 13.8. The Morgan fingerprint density at radius 1 is 1.15 bits per heavy atom. The maximum atomic E-state index is 11.8. The summed E-state index contributed by atoms with van der Waals surface area (Å²) < 4.78 is 0. The van der Waals surface area contributed by atoms with Crippen LogP contribution in [0, 0.1) is 0 Å². The highest BCUT2D eigenvalue weighted by Crippen LogP contribution is 2.05. The molecular formula is C13H13N3O4. The van der Waals surface area contributed by atoms with Crippen molar-refractivity contribution in [3.8, 4) is 0 Å². The molecule has 0 atom stereocenters. The molecule has 1 heterocycles. The fourth-order valence-corrected chi connectivity index (χ4v) is 1.71. The van der Waals surface area contributed by atoms with Crippen molar-refractivity contribution in [3.05, 3.63) is 68.0 Å². The van der Waals surface area contributed by atoms with Gasteiger partial charge in [-0.15, -0.1) is 0 Å². The highest BCUT2D eigenvalue weighted by molar-refractivity contribution is 5.91. The van der Waals surface area contributed by atoms with Gasteiger partial charge in [0.25, 0.3) is 11.5 Å². The molecule has 2 aromatic rings. The van der Waals surface area contributed by atoms with Crippen LogP contribution in [0.3, 0.4) is 0 Å². The van der Waals surface area contributed by atoms with Crippen LogP contribution in [0.4, 0.5) is 0 Å². The van der Waals surface area contributed by atoms with Crippen LogP contribution in [0.5, 0.6) is 0 Å². The summed E-state index contributed by atoms with van der Waals surface area (Å²) in [5.74, 6) is -0.553. The van der Waals surface area contributed by atoms with Crippen molar-refractivity contribution in [1.82, 2.24) is 15.3 Å². The maximum absolute atomic E-state index is 11.8. The number of aromatic nitrogens is 2. The fourth-order valence-electron chi connectivity index (χ4n) is 1.71. The number of hydrogen-bond acceptors (Lipinski definition) is 4. The number of nitrogens with one attached hydrogen (secondary N) is 3. The van der Waals surface area contributed by atoms with Gasteiger partial charge in [0, 0.05) is 12.6 Å². The van der Waals surface area contributed by atoms with Crippen LogP contribution < -0.4 is 16.6 Å². The van der Waals surface area contributed by atoms with Gasteiger partial charge >= 0.3 is 5.69 Å². The number of carbonyl (C=O) groups excluding carboxylic acids is 1. The van der Waals surface area contributed by atoms with Crippen LogP contribution in [-0.4, -0.2) is 21.0 Å². The van der Waals surface area contributed by atoms with E-state index in [0.717, 1.165) is 17.2 Å². The van der Waals surface area contributed by atoms with Crippen LogP contribution in [0.2, 0.25) is 0 Å². The number of aliphatic hydroxyl groups is 1. The van der Waals surface area contributed by atoms with Crippen LogP contribution in [-0.2, 0) is 13.2 Å². The molecule has 0 saturated carbocycles. The Balaban J connectivity index is 2.08. The molecule has 7 heteroatoms. The van der Waals surface area contributed by atoms with Gasteiger partial charge in [-0.2, -0.15) is 0 Å². The maximum Gasteiger partial charge on any atom is 0.326 e. The third kappa shape index (κ3) is 3.42. The fraction of sp³-hybridized carbons (Fsp3) is 0.154. The Kier molecular flexibility index (Phi) is 4.11. The van der Waals surface area contributed by atoms with E-state index in [1.165, 1.54) is 0 Å². The van der Waals surface area contributed by atoms with E-state index in [1.54, 1.807) is 24.3 Å². The monoisotopic (exact) mass is 275 g/mol. The van der Waals surface area contributed by atoms with Gasteiger partial charge in [-0.3, -0.25) is 14.6 Å². The van der Waals surface area contributed by atoms with E-state index >= 15 is 0 Å². The third-order valence-corrected chi connectivity index (χ3v) is 2.63. The second-order valence-electron chi connectivity index (χ2n) is 4.16. The quantitative estimate of drug-likeness (QED) is 0.601. The summed E-state index contributed by atoms with van der Waals surface area (Å²) in [5, 5.41) is 11.6. The largest absolute Gasteiger partial charge is 0.392 e. The minimum absolute atomic E-state index is 0.0802. The highest BCUT2D eigenvalue weighted by atomic mass is 16.3. The minimum Gasteiger partial charge on any atom is -0.392 e. The van der Waals surface area contributed by atoms with Crippen LogP contribution in [0.25, 0.3) is 0 Å². The van der Waals surface area contributed by atoms with Gasteiger partial charge < -0.3 is 15.4 Å². The van der Waals surface area contributed by atoms with Crippen molar-refractivity contribution in [2.75, 3.05) is 0 Å². The average molecular weight is 275 g/mol. The molecule has 0 aliphatic heterocycles. The molecule has 0 saturated heterocycles. The Bertz CT molecular complexity index is 704. The lowest BCUT2D eigenvalue weighted by molar-refractivity contribution is 0.0945. The number of H-pyrrole nitrogens is 2. The van der Waals surface area contributed by atoms with Crippen LogP contribution in [0.1, 0.15) is 21.6 Å². The van der Waals surface area contributed by atoms with Crippen LogP contribution in [0.15, 0.2) is 39.9 Å². The molecule has 0 unspecified atom stereocenters. The lowest BCUT2D eigenvalue weighted by atomic mass is 10.1. The zero-order valence-electron chi connectivity index (χ0n) is 10.5. The first-order valence-corrected chi connectivity index (χ1v) is 5.89. The summed E-state index contributed by atoms with van der Waals surface area (Å²) in [7, 11) is 0. The molecule has 20 heavy (non-hydrogen) atoms. The van der Waals surface area contributed by atoms with Gasteiger partial charge in [-0.05, 0) is 11.1 Å². The van der Waals surface area contributed by atoms with Crippen molar-refractivity contribution in [3.63, 3.8) is 0 Å². The second kappa shape index (κ2) is 5.98. The summed E-state index contributed by atoms with van der Waals surface area (Å²) in [6.07, 6.45) is 0. The number of hydrogen-bond donors (Lipinski definition) is 4. The smallest absolute Gasteiger partial charge is 0.326 e. The number of rotatable bonds is 4. The number of aromatic amines is 2. The molecule has 1 aromatic heterocycles. The summed E-state index contributed by atoms with van der Waals surface area (Å²) in [6.45, 7) is 0.144. The molecule has 1 amide bonds. The van der Waals surface area contributed by atoms with Crippen molar-refractivity contribution < 1.29 is 9.90 Å². The number of benzene rings is 1. The molecule has 0 aliphatic carbocycles. The van der Waals surface area contributed by atoms with E-state index in [4.69, 9.17) is 5.11 Å². The van der Waals surface area contributed by atoms with E-state index in [2.05, 4.69) is 10.3 Å². The van der Waals surface area contributed by atoms with E-state index in [-0.39, 0.29) is 18.8 Å². The van der Waals surface area contributed by atoms with E-state index in [9.17, 15) is 14.4 Å². The average Bonchev–Trinajstić information content (AvgIpc) is 2.44. The molecule has 7 nitrogen and oxygen atoms in total. The molecule has 1 aromatic carbocycles. The molecule has 2 rings (SSSR count). The van der Waals surface area contributed by atoms with Crippen molar-refractivity contribution in [2.24, 2.45) is 0 Å². The standard InChI is InChI=1S/C13H13N3O4/c17-7-9-3-1-2-8(4-9)6-14-12(19)10-5-11(18)16-13(20)15-10/h1-5,17H,6-7H2,(H,14,19)(H2,15,16,18,20). The Hall–Kier alpha value is -2.67. The summed E-state index contributed by atoms with van der Waals surface area (Å²) in [4.78, 5) is 38.2. The van der Waals surface area contributed by atoms with Gasteiger partial charge in [0.15, 0.2) is 0 Å².